The minimum atomic E-state index is -0.547. The lowest BCUT2D eigenvalue weighted by molar-refractivity contribution is -0.117. The van der Waals surface area contributed by atoms with Crippen molar-refractivity contribution < 1.29 is 14.3 Å². The molecule has 1 atom stereocenters. The predicted octanol–water partition coefficient (Wildman–Crippen LogP) is 4.62. The number of nitriles is 1. The van der Waals surface area contributed by atoms with Gasteiger partial charge in [-0.25, -0.2) is 0 Å². The molecule has 6 nitrogen and oxygen atoms in total. The molecule has 1 heterocycles. The number of anilines is 1. The zero-order valence-corrected chi connectivity index (χ0v) is 17.2. The molecule has 0 aliphatic carbocycles. The predicted molar refractivity (Wildman–Crippen MR) is 117 cm³/mol. The van der Waals surface area contributed by atoms with Crippen molar-refractivity contribution in [2.24, 2.45) is 5.73 Å². The van der Waals surface area contributed by atoms with Crippen molar-refractivity contribution in [3.8, 4) is 17.6 Å². The number of carbonyl (C=O) groups is 2. The number of primary amides is 1. The molecule has 0 saturated carbocycles. The Morgan fingerprint density at radius 2 is 1.90 bits per heavy atom. The lowest BCUT2D eigenvalue weighted by Crippen LogP contribution is -2.24. The molecule has 2 N–H and O–H groups in total. The number of ether oxygens (including phenoxy) is 1. The van der Waals surface area contributed by atoms with E-state index < -0.39 is 5.91 Å². The molecule has 0 aromatic heterocycles. The number of nitrogens with two attached hydrogens (primary N) is 1. The SMILES string of the molecule is N#Cc1ccccc1Oc1cc(Cl)ccc1[C@H]1CC(=O)N(c2cccc(C(N)=O)c2)C1. The Hall–Kier alpha value is -3.82. The van der Waals surface area contributed by atoms with Gasteiger partial charge >= 0.3 is 0 Å². The molecule has 1 aliphatic rings. The van der Waals surface area contributed by atoms with Gasteiger partial charge in [-0.15, -0.1) is 0 Å². The zero-order chi connectivity index (χ0) is 22.0. The Morgan fingerprint density at radius 1 is 1.10 bits per heavy atom. The van der Waals surface area contributed by atoms with Crippen LogP contribution < -0.4 is 15.4 Å². The maximum atomic E-state index is 12.8. The Balaban J connectivity index is 1.65. The molecule has 0 bridgehead atoms. The molecule has 0 radical (unpaired) electrons. The van der Waals surface area contributed by atoms with E-state index in [1.807, 2.05) is 6.07 Å². The van der Waals surface area contributed by atoms with Gasteiger partial charge in [0.1, 0.15) is 17.6 Å². The first-order valence-electron chi connectivity index (χ1n) is 9.63. The van der Waals surface area contributed by atoms with Crippen LogP contribution in [0.5, 0.6) is 11.5 Å². The highest BCUT2D eigenvalue weighted by Gasteiger charge is 2.33. The van der Waals surface area contributed by atoms with Crippen molar-refractivity contribution >= 4 is 29.1 Å². The third-order valence-corrected chi connectivity index (χ3v) is 5.45. The van der Waals surface area contributed by atoms with Gasteiger partial charge in [0.2, 0.25) is 11.8 Å². The molecular weight excluding hydrogens is 414 g/mol. The molecule has 1 fully saturated rings. The molecule has 31 heavy (non-hydrogen) atoms. The monoisotopic (exact) mass is 431 g/mol. The Bertz CT molecular complexity index is 1220. The third-order valence-electron chi connectivity index (χ3n) is 5.21. The third kappa shape index (κ3) is 4.23. The number of hydrogen-bond acceptors (Lipinski definition) is 4. The molecule has 7 heteroatoms. The smallest absolute Gasteiger partial charge is 0.248 e. The molecule has 0 spiro atoms. The normalized spacial score (nSPS) is 15.5. The van der Waals surface area contributed by atoms with Crippen molar-refractivity contribution in [3.05, 3.63) is 88.4 Å². The topological polar surface area (TPSA) is 96.4 Å². The molecule has 3 aromatic rings. The van der Waals surface area contributed by atoms with E-state index in [4.69, 9.17) is 22.1 Å². The van der Waals surface area contributed by atoms with Crippen molar-refractivity contribution in [2.75, 3.05) is 11.4 Å². The van der Waals surface area contributed by atoms with Crippen molar-refractivity contribution in [2.45, 2.75) is 12.3 Å². The maximum Gasteiger partial charge on any atom is 0.248 e. The summed E-state index contributed by atoms with van der Waals surface area (Å²) in [5.41, 5.74) is 7.56. The van der Waals surface area contributed by atoms with Crippen LogP contribution >= 0.6 is 11.6 Å². The average Bonchev–Trinajstić information content (AvgIpc) is 3.15. The summed E-state index contributed by atoms with van der Waals surface area (Å²) in [6.07, 6.45) is 0.276. The number of rotatable bonds is 5. The largest absolute Gasteiger partial charge is 0.456 e. The summed E-state index contributed by atoms with van der Waals surface area (Å²) in [7, 11) is 0. The van der Waals surface area contributed by atoms with Crippen LogP contribution in [-0.4, -0.2) is 18.4 Å². The summed E-state index contributed by atoms with van der Waals surface area (Å²) in [5, 5.41) is 9.84. The van der Waals surface area contributed by atoms with E-state index in [1.54, 1.807) is 65.6 Å². The number of hydrogen-bond donors (Lipinski definition) is 1. The molecule has 0 unspecified atom stereocenters. The second-order valence-electron chi connectivity index (χ2n) is 7.21. The standard InChI is InChI=1S/C24H18ClN3O3/c25-18-8-9-20(22(12-18)31-21-7-2-1-4-16(21)13-26)17-11-23(29)28(14-17)19-6-3-5-15(10-19)24(27)30/h1-10,12,17H,11,14H2,(H2,27,30)/t17-/m0/s1. The number of amides is 2. The van der Waals surface area contributed by atoms with E-state index in [1.165, 1.54) is 0 Å². The van der Waals surface area contributed by atoms with Crippen LogP contribution in [0.15, 0.2) is 66.7 Å². The fourth-order valence-electron chi connectivity index (χ4n) is 3.69. The number of benzene rings is 3. The molecule has 4 rings (SSSR count). The Labute approximate surface area is 184 Å². The van der Waals surface area contributed by atoms with Crippen LogP contribution in [0.3, 0.4) is 0 Å². The van der Waals surface area contributed by atoms with Gasteiger partial charge in [0, 0.05) is 40.7 Å². The van der Waals surface area contributed by atoms with E-state index in [0.717, 1.165) is 5.56 Å². The summed E-state index contributed by atoms with van der Waals surface area (Å²) < 4.78 is 6.05. The highest BCUT2D eigenvalue weighted by Crippen LogP contribution is 2.39. The summed E-state index contributed by atoms with van der Waals surface area (Å²) in [6.45, 7) is 0.416. The van der Waals surface area contributed by atoms with Crippen molar-refractivity contribution in [3.63, 3.8) is 0 Å². The molecule has 3 aromatic carbocycles. The quantitative estimate of drug-likeness (QED) is 0.637. The number of halogens is 1. The van der Waals surface area contributed by atoms with E-state index in [2.05, 4.69) is 6.07 Å². The first kappa shape index (κ1) is 20.5. The first-order chi connectivity index (χ1) is 15.0. The molecule has 1 saturated heterocycles. The van der Waals surface area contributed by atoms with E-state index in [-0.39, 0.29) is 18.2 Å². The lowest BCUT2D eigenvalue weighted by Gasteiger charge is -2.19. The van der Waals surface area contributed by atoms with Crippen molar-refractivity contribution in [1.29, 1.82) is 5.26 Å². The van der Waals surface area contributed by atoms with Crippen LogP contribution in [0.25, 0.3) is 0 Å². The van der Waals surface area contributed by atoms with E-state index in [0.29, 0.717) is 39.9 Å². The second kappa shape index (κ2) is 8.50. The van der Waals surface area contributed by atoms with Gasteiger partial charge < -0.3 is 15.4 Å². The first-order valence-corrected chi connectivity index (χ1v) is 10.0. The highest BCUT2D eigenvalue weighted by atomic mass is 35.5. The van der Waals surface area contributed by atoms with Crippen LogP contribution in [0, 0.1) is 11.3 Å². The molecule has 1 aliphatic heterocycles. The minimum Gasteiger partial charge on any atom is -0.456 e. The number of carbonyl (C=O) groups excluding carboxylic acids is 2. The van der Waals surface area contributed by atoms with E-state index >= 15 is 0 Å². The van der Waals surface area contributed by atoms with Gasteiger partial charge in [0.05, 0.1) is 5.56 Å². The van der Waals surface area contributed by atoms with Gasteiger partial charge in [-0.05, 0) is 42.5 Å². The zero-order valence-electron chi connectivity index (χ0n) is 16.4. The van der Waals surface area contributed by atoms with Gasteiger partial charge in [-0.3, -0.25) is 9.59 Å². The van der Waals surface area contributed by atoms with E-state index in [9.17, 15) is 14.9 Å². The fourth-order valence-corrected chi connectivity index (χ4v) is 3.85. The Kier molecular flexibility index (Phi) is 5.61. The summed E-state index contributed by atoms with van der Waals surface area (Å²) in [6, 6.07) is 21.0. The second-order valence-corrected chi connectivity index (χ2v) is 7.65. The van der Waals surface area contributed by atoms with Gasteiger partial charge in [0.25, 0.3) is 0 Å². The molecular formula is C24H18ClN3O3. The van der Waals surface area contributed by atoms with Crippen LogP contribution in [0.1, 0.15) is 33.8 Å². The average molecular weight is 432 g/mol. The summed E-state index contributed by atoms with van der Waals surface area (Å²) in [5.74, 6) is 0.162. The van der Waals surface area contributed by atoms with Gasteiger partial charge in [0.15, 0.2) is 0 Å². The lowest BCUT2D eigenvalue weighted by atomic mass is 9.97. The van der Waals surface area contributed by atoms with Crippen molar-refractivity contribution in [1.82, 2.24) is 0 Å². The fraction of sp³-hybridized carbons (Fsp3) is 0.125. The number of nitrogens with zero attached hydrogens (tertiary/aromatic N) is 2. The Morgan fingerprint density at radius 3 is 2.68 bits per heavy atom. The molecule has 154 valence electrons. The number of para-hydroxylation sites is 1. The highest BCUT2D eigenvalue weighted by molar-refractivity contribution is 6.30. The summed E-state index contributed by atoms with van der Waals surface area (Å²) >= 11 is 6.20. The van der Waals surface area contributed by atoms with Gasteiger partial charge in [-0.1, -0.05) is 35.9 Å². The summed E-state index contributed by atoms with van der Waals surface area (Å²) in [4.78, 5) is 25.9. The minimum absolute atomic E-state index is 0.0649. The van der Waals surface area contributed by atoms with Gasteiger partial charge in [-0.2, -0.15) is 5.26 Å². The van der Waals surface area contributed by atoms with Crippen LogP contribution in [0.2, 0.25) is 5.02 Å². The van der Waals surface area contributed by atoms with Crippen LogP contribution in [0.4, 0.5) is 5.69 Å². The van der Waals surface area contributed by atoms with Crippen LogP contribution in [-0.2, 0) is 4.79 Å². The maximum absolute atomic E-state index is 12.8. The molecule has 2 amide bonds.